The van der Waals surface area contributed by atoms with E-state index in [1.807, 2.05) is 43.4 Å². The molecule has 1 aromatic carbocycles. The summed E-state index contributed by atoms with van der Waals surface area (Å²) in [5, 5.41) is 0. The molecule has 1 aromatic heterocycles. The second-order valence-electron chi connectivity index (χ2n) is 5.42. The Morgan fingerprint density at radius 3 is 2.61 bits per heavy atom. The molecule has 120 valence electrons. The molecule has 2 nitrogen and oxygen atoms in total. The van der Waals surface area contributed by atoms with E-state index in [0.29, 0.717) is 17.8 Å². The quantitative estimate of drug-likeness (QED) is 0.655. The summed E-state index contributed by atoms with van der Waals surface area (Å²) in [6, 6.07) is 7.15. The number of alkyl halides is 3. The highest BCUT2D eigenvalue weighted by Gasteiger charge is 2.35. The van der Waals surface area contributed by atoms with Crippen molar-refractivity contribution in [3.63, 3.8) is 0 Å². The van der Waals surface area contributed by atoms with Crippen LogP contribution in [-0.4, -0.2) is 9.55 Å². The van der Waals surface area contributed by atoms with Gasteiger partial charge in [0.25, 0.3) is 0 Å². The number of benzene rings is 1. The number of rotatable bonds is 2. The van der Waals surface area contributed by atoms with E-state index in [1.54, 1.807) is 10.6 Å². The minimum absolute atomic E-state index is 0.186. The Hall–Kier alpha value is -1.82. The highest BCUT2D eigenvalue weighted by Crippen LogP contribution is 2.35. The molecule has 0 spiro atoms. The van der Waals surface area contributed by atoms with Gasteiger partial charge in [0.15, 0.2) is 5.69 Å². The Bertz CT molecular complexity index is 787. The van der Waals surface area contributed by atoms with Crippen LogP contribution in [0.15, 0.2) is 53.2 Å². The molecule has 1 aliphatic carbocycles. The third-order valence-corrected chi connectivity index (χ3v) is 4.39. The van der Waals surface area contributed by atoms with Crippen molar-refractivity contribution in [2.24, 2.45) is 0 Å². The third-order valence-electron chi connectivity index (χ3n) is 3.80. The molecule has 3 rings (SSSR count). The number of aryl methyl sites for hydroxylation is 1. The van der Waals surface area contributed by atoms with Gasteiger partial charge in [-0.1, -0.05) is 58.4 Å². The molecule has 0 amide bonds. The molecule has 2 aromatic rings. The zero-order valence-corrected chi connectivity index (χ0v) is 13.9. The van der Waals surface area contributed by atoms with E-state index in [-0.39, 0.29) is 6.04 Å². The number of allylic oxidation sites excluding steroid dienone is 4. The van der Waals surface area contributed by atoms with Gasteiger partial charge in [-0.3, -0.25) is 0 Å². The summed E-state index contributed by atoms with van der Waals surface area (Å²) in [5.74, 6) is 0.344. The Morgan fingerprint density at radius 2 is 2.00 bits per heavy atom. The van der Waals surface area contributed by atoms with Gasteiger partial charge in [0, 0.05) is 16.2 Å². The molecule has 23 heavy (non-hydrogen) atoms. The summed E-state index contributed by atoms with van der Waals surface area (Å²) in [7, 11) is 0. The average Bonchev–Trinajstić information content (AvgIpc) is 2.93. The van der Waals surface area contributed by atoms with Crippen molar-refractivity contribution >= 4 is 15.9 Å². The lowest BCUT2D eigenvalue weighted by molar-refractivity contribution is -0.140. The molecule has 0 aliphatic heterocycles. The van der Waals surface area contributed by atoms with E-state index in [0.717, 1.165) is 16.2 Å². The van der Waals surface area contributed by atoms with E-state index in [1.165, 1.54) is 0 Å². The van der Waals surface area contributed by atoms with Crippen LogP contribution in [0, 0.1) is 6.92 Å². The number of aromatic nitrogens is 2. The maximum absolute atomic E-state index is 13.1. The predicted octanol–water partition coefficient (Wildman–Crippen LogP) is 5.66. The zero-order valence-electron chi connectivity index (χ0n) is 12.3. The van der Waals surface area contributed by atoms with E-state index in [4.69, 9.17) is 0 Å². The molecule has 0 bridgehead atoms. The number of hydrogen-bond acceptors (Lipinski definition) is 1. The van der Waals surface area contributed by atoms with Crippen LogP contribution in [0.3, 0.4) is 0 Å². The van der Waals surface area contributed by atoms with Crippen LogP contribution in [0.4, 0.5) is 13.2 Å². The van der Waals surface area contributed by atoms with Crippen LogP contribution < -0.4 is 0 Å². The Morgan fingerprint density at radius 1 is 1.26 bits per heavy atom. The lowest BCUT2D eigenvalue weighted by Gasteiger charge is -2.19. The molecular weight excluding hydrogens is 369 g/mol. The van der Waals surface area contributed by atoms with Crippen LogP contribution in [0.25, 0.3) is 11.4 Å². The molecule has 1 aliphatic rings. The smallest absolute Gasteiger partial charge is 0.323 e. The van der Waals surface area contributed by atoms with Crippen LogP contribution in [0.1, 0.15) is 23.7 Å². The van der Waals surface area contributed by atoms with Gasteiger partial charge in [-0.2, -0.15) is 13.2 Å². The van der Waals surface area contributed by atoms with Crippen LogP contribution in [0.2, 0.25) is 0 Å². The van der Waals surface area contributed by atoms with Crippen LogP contribution in [0.5, 0.6) is 0 Å². The third kappa shape index (κ3) is 3.27. The highest BCUT2D eigenvalue weighted by molar-refractivity contribution is 9.11. The number of nitrogens with zero attached hydrogens (tertiary/aromatic N) is 2. The molecule has 1 heterocycles. The Kier molecular flexibility index (Phi) is 4.19. The maximum atomic E-state index is 13.1. The summed E-state index contributed by atoms with van der Waals surface area (Å²) in [6.45, 7) is 1.87. The van der Waals surface area contributed by atoms with Crippen molar-refractivity contribution in [1.82, 2.24) is 9.55 Å². The minimum Gasteiger partial charge on any atom is -0.323 e. The minimum atomic E-state index is -4.46. The molecule has 0 N–H and O–H groups in total. The van der Waals surface area contributed by atoms with Crippen molar-refractivity contribution in [3.05, 3.63) is 64.4 Å². The van der Waals surface area contributed by atoms with Crippen LogP contribution >= 0.6 is 15.9 Å². The molecule has 6 heteroatoms. The van der Waals surface area contributed by atoms with Crippen molar-refractivity contribution in [1.29, 1.82) is 0 Å². The monoisotopic (exact) mass is 382 g/mol. The second-order valence-corrected chi connectivity index (χ2v) is 6.34. The maximum Gasteiger partial charge on any atom is 0.434 e. The normalized spacial score (nSPS) is 18.1. The molecule has 0 saturated carbocycles. The SMILES string of the molecule is Cc1ccccc1-c1nc(C(F)(F)F)cn1C1C=CC(Br)=CC1. The fourth-order valence-electron chi connectivity index (χ4n) is 2.60. The second kappa shape index (κ2) is 6.00. The van der Waals surface area contributed by atoms with Gasteiger partial charge in [-0.15, -0.1) is 0 Å². The summed E-state index contributed by atoms with van der Waals surface area (Å²) in [5.41, 5.74) is 0.743. The summed E-state index contributed by atoms with van der Waals surface area (Å²) < 4.78 is 41.9. The first-order chi connectivity index (χ1) is 10.9. The standard InChI is InChI=1S/C17H14BrF3N2/c1-11-4-2-3-5-14(11)16-22-15(17(19,20)21)10-23(16)13-8-6-12(18)7-9-13/h2-8,10,13H,9H2,1H3. The van der Waals surface area contributed by atoms with Gasteiger partial charge in [-0.05, 0) is 18.9 Å². The van der Waals surface area contributed by atoms with Crippen LogP contribution in [-0.2, 0) is 6.18 Å². The molecular formula is C17H14BrF3N2. The van der Waals surface area contributed by atoms with Crippen molar-refractivity contribution in [2.75, 3.05) is 0 Å². The lowest BCUT2D eigenvalue weighted by atomic mass is 10.1. The van der Waals surface area contributed by atoms with Crippen molar-refractivity contribution in [2.45, 2.75) is 25.6 Å². The van der Waals surface area contributed by atoms with Crippen molar-refractivity contribution < 1.29 is 13.2 Å². The number of imidazole rings is 1. The first kappa shape index (κ1) is 16.1. The topological polar surface area (TPSA) is 17.8 Å². The van der Waals surface area contributed by atoms with E-state index >= 15 is 0 Å². The fraction of sp³-hybridized carbons (Fsp3) is 0.235. The van der Waals surface area contributed by atoms with E-state index in [2.05, 4.69) is 20.9 Å². The Balaban J connectivity index is 2.13. The lowest BCUT2D eigenvalue weighted by Crippen LogP contribution is -2.09. The highest BCUT2D eigenvalue weighted by atomic mass is 79.9. The molecule has 0 radical (unpaired) electrons. The van der Waals surface area contributed by atoms with E-state index < -0.39 is 11.9 Å². The van der Waals surface area contributed by atoms with Gasteiger partial charge < -0.3 is 4.57 Å². The summed E-state index contributed by atoms with van der Waals surface area (Å²) >= 11 is 3.37. The van der Waals surface area contributed by atoms with E-state index in [9.17, 15) is 13.2 Å². The summed E-state index contributed by atoms with van der Waals surface area (Å²) in [4.78, 5) is 3.88. The molecule has 0 fully saturated rings. The predicted molar refractivity (Wildman–Crippen MR) is 87.2 cm³/mol. The fourth-order valence-corrected chi connectivity index (χ4v) is 2.93. The number of halogens is 4. The zero-order chi connectivity index (χ0) is 16.6. The number of hydrogen-bond donors (Lipinski definition) is 0. The van der Waals surface area contributed by atoms with Gasteiger partial charge >= 0.3 is 6.18 Å². The molecule has 1 unspecified atom stereocenters. The molecule has 1 atom stereocenters. The van der Waals surface area contributed by atoms with Gasteiger partial charge in [0.1, 0.15) is 5.82 Å². The summed E-state index contributed by atoms with van der Waals surface area (Å²) in [6.07, 6.45) is 2.93. The van der Waals surface area contributed by atoms with Gasteiger partial charge in [0.05, 0.1) is 6.04 Å². The van der Waals surface area contributed by atoms with Gasteiger partial charge in [0.2, 0.25) is 0 Å². The first-order valence-corrected chi connectivity index (χ1v) is 7.91. The molecule has 0 saturated heterocycles. The average molecular weight is 383 g/mol. The van der Waals surface area contributed by atoms with Gasteiger partial charge in [-0.25, -0.2) is 4.98 Å². The first-order valence-electron chi connectivity index (χ1n) is 7.12. The largest absolute Gasteiger partial charge is 0.434 e. The Labute approximate surface area is 140 Å². The van der Waals surface area contributed by atoms with Crippen molar-refractivity contribution in [3.8, 4) is 11.4 Å².